The minimum absolute atomic E-state index is 0.103. The third-order valence-electron chi connectivity index (χ3n) is 3.09. The maximum absolute atomic E-state index is 10.3. The number of unbranched alkanes of at least 4 members (excludes halogenated alkanes) is 2. The first-order chi connectivity index (χ1) is 7.02. The van der Waals surface area contributed by atoms with Crippen molar-refractivity contribution in [3.8, 4) is 0 Å². The normalized spacial score (nSPS) is 24.0. The summed E-state index contributed by atoms with van der Waals surface area (Å²) in [5, 5.41) is 10.3. The van der Waals surface area contributed by atoms with E-state index < -0.39 is 5.79 Å². The van der Waals surface area contributed by atoms with Crippen LogP contribution >= 0.6 is 21.6 Å². The van der Waals surface area contributed by atoms with Gasteiger partial charge >= 0.3 is 0 Å². The number of hydrogen-bond donors (Lipinski definition) is 1. The van der Waals surface area contributed by atoms with Gasteiger partial charge in [-0.2, -0.15) is 0 Å². The van der Waals surface area contributed by atoms with Crippen molar-refractivity contribution in [2.24, 2.45) is 5.41 Å². The molecule has 1 rings (SSSR count). The molecule has 15 heavy (non-hydrogen) atoms. The second kappa shape index (κ2) is 5.80. The van der Waals surface area contributed by atoms with Crippen molar-refractivity contribution in [3.63, 3.8) is 0 Å². The topological polar surface area (TPSA) is 29.5 Å². The summed E-state index contributed by atoms with van der Waals surface area (Å²) in [4.78, 5) is 0. The molecular weight excluding hydrogens is 228 g/mol. The van der Waals surface area contributed by atoms with Gasteiger partial charge in [-0.1, -0.05) is 48.3 Å². The highest BCUT2D eigenvalue weighted by Gasteiger charge is 2.47. The lowest BCUT2D eigenvalue weighted by atomic mass is 9.86. The van der Waals surface area contributed by atoms with Gasteiger partial charge < -0.3 is 9.84 Å². The van der Waals surface area contributed by atoms with Gasteiger partial charge in [0, 0.05) is 16.9 Å². The van der Waals surface area contributed by atoms with E-state index in [1.54, 1.807) is 0 Å². The Balaban J connectivity index is 2.36. The van der Waals surface area contributed by atoms with Gasteiger partial charge in [0.15, 0.2) is 5.79 Å². The Bertz CT molecular complexity index is 189. The first-order valence-electron chi connectivity index (χ1n) is 5.62. The second-order valence-electron chi connectivity index (χ2n) is 4.62. The quantitative estimate of drug-likeness (QED) is 0.445. The molecule has 2 nitrogen and oxygen atoms in total. The lowest BCUT2D eigenvalue weighted by Gasteiger charge is -2.38. The molecule has 1 aliphatic rings. The molecule has 0 spiro atoms. The molecular formula is C11H22O2S2. The molecule has 0 saturated carbocycles. The highest BCUT2D eigenvalue weighted by molar-refractivity contribution is 8.77. The average molecular weight is 250 g/mol. The molecule has 1 fully saturated rings. The van der Waals surface area contributed by atoms with Crippen LogP contribution in [0, 0.1) is 5.41 Å². The van der Waals surface area contributed by atoms with E-state index in [-0.39, 0.29) is 5.41 Å². The van der Waals surface area contributed by atoms with Gasteiger partial charge in [-0.25, -0.2) is 0 Å². The van der Waals surface area contributed by atoms with Gasteiger partial charge in [0.2, 0.25) is 0 Å². The summed E-state index contributed by atoms with van der Waals surface area (Å²) in [6.45, 7) is 6.76. The fourth-order valence-electron chi connectivity index (χ4n) is 1.45. The third kappa shape index (κ3) is 3.55. The van der Waals surface area contributed by atoms with Crippen LogP contribution in [0.1, 0.15) is 40.0 Å². The molecule has 0 amide bonds. The largest absolute Gasteiger partial charge is 0.365 e. The molecule has 1 saturated heterocycles. The van der Waals surface area contributed by atoms with Gasteiger partial charge in [-0.15, -0.1) is 0 Å². The molecule has 0 aromatic carbocycles. The van der Waals surface area contributed by atoms with E-state index >= 15 is 0 Å². The molecule has 1 heterocycles. The molecule has 0 aromatic rings. The van der Waals surface area contributed by atoms with E-state index in [0.29, 0.717) is 6.61 Å². The van der Waals surface area contributed by atoms with Crippen molar-refractivity contribution in [1.29, 1.82) is 0 Å². The van der Waals surface area contributed by atoms with Gasteiger partial charge in [0.25, 0.3) is 0 Å². The molecule has 1 aliphatic heterocycles. The van der Waals surface area contributed by atoms with E-state index in [9.17, 15) is 5.11 Å². The van der Waals surface area contributed by atoms with Crippen molar-refractivity contribution in [2.75, 3.05) is 18.1 Å². The predicted molar refractivity (Wildman–Crippen MR) is 69.1 cm³/mol. The van der Waals surface area contributed by atoms with Crippen molar-refractivity contribution in [1.82, 2.24) is 0 Å². The Morgan fingerprint density at radius 2 is 1.93 bits per heavy atom. The lowest BCUT2D eigenvalue weighted by Crippen LogP contribution is -2.48. The molecule has 1 atom stereocenters. The van der Waals surface area contributed by atoms with Crippen LogP contribution in [0.4, 0.5) is 0 Å². The molecule has 1 N–H and O–H groups in total. The lowest BCUT2D eigenvalue weighted by molar-refractivity contribution is -0.245. The monoisotopic (exact) mass is 250 g/mol. The summed E-state index contributed by atoms with van der Waals surface area (Å²) in [7, 11) is 3.66. The molecule has 0 unspecified atom stereocenters. The summed E-state index contributed by atoms with van der Waals surface area (Å²) in [6, 6.07) is 0. The van der Waals surface area contributed by atoms with E-state index in [0.717, 1.165) is 17.9 Å². The minimum atomic E-state index is -0.975. The standard InChI is InChI=1S/C11H22O2S2/c1-4-5-6-7-13-11(3,12)10(2)8-14-15-9-10/h12H,4-9H2,1-3H3/t11-/m0/s1. The van der Waals surface area contributed by atoms with Gasteiger partial charge in [0.1, 0.15) is 0 Å². The average Bonchev–Trinajstić information content (AvgIpc) is 2.62. The highest BCUT2D eigenvalue weighted by Crippen LogP contribution is 2.49. The summed E-state index contributed by atoms with van der Waals surface area (Å²) in [5.41, 5.74) is -0.103. The van der Waals surface area contributed by atoms with E-state index in [4.69, 9.17) is 4.74 Å². The van der Waals surface area contributed by atoms with E-state index in [2.05, 4.69) is 13.8 Å². The fraction of sp³-hybridized carbons (Fsp3) is 1.00. The predicted octanol–water partition coefficient (Wildman–Crippen LogP) is 3.30. The van der Waals surface area contributed by atoms with Crippen LogP contribution in [0.3, 0.4) is 0 Å². The highest BCUT2D eigenvalue weighted by atomic mass is 33.1. The summed E-state index contributed by atoms with van der Waals surface area (Å²) < 4.78 is 5.65. The van der Waals surface area contributed by atoms with Crippen LogP contribution in [0.15, 0.2) is 0 Å². The summed E-state index contributed by atoms with van der Waals surface area (Å²) in [5.74, 6) is 0.966. The summed E-state index contributed by atoms with van der Waals surface area (Å²) >= 11 is 0. The molecule has 90 valence electrons. The zero-order valence-corrected chi connectivity index (χ0v) is 11.5. The van der Waals surface area contributed by atoms with Crippen LogP contribution in [-0.2, 0) is 4.74 Å². The van der Waals surface area contributed by atoms with E-state index in [1.807, 2.05) is 28.5 Å². The SMILES string of the molecule is CCCCCO[C@](C)(O)C1(C)CSSC1. The zero-order chi connectivity index (χ0) is 11.4. The van der Waals surface area contributed by atoms with Gasteiger partial charge in [0.05, 0.1) is 6.61 Å². The number of hydrogen-bond acceptors (Lipinski definition) is 4. The van der Waals surface area contributed by atoms with Crippen molar-refractivity contribution >= 4 is 21.6 Å². The molecule has 0 radical (unpaired) electrons. The van der Waals surface area contributed by atoms with Crippen LogP contribution < -0.4 is 0 Å². The first-order valence-corrected chi connectivity index (χ1v) is 8.11. The Hall–Kier alpha value is 0.620. The van der Waals surface area contributed by atoms with Crippen molar-refractivity contribution in [3.05, 3.63) is 0 Å². The summed E-state index contributed by atoms with van der Waals surface area (Å²) in [6.07, 6.45) is 3.41. The van der Waals surface area contributed by atoms with Crippen LogP contribution in [0.5, 0.6) is 0 Å². The zero-order valence-electron chi connectivity index (χ0n) is 9.91. The smallest absolute Gasteiger partial charge is 0.169 e. The Morgan fingerprint density at radius 3 is 2.47 bits per heavy atom. The van der Waals surface area contributed by atoms with Crippen molar-refractivity contribution in [2.45, 2.75) is 45.8 Å². The van der Waals surface area contributed by atoms with Gasteiger partial charge in [-0.05, 0) is 13.3 Å². The van der Waals surface area contributed by atoms with Crippen LogP contribution in [0.25, 0.3) is 0 Å². The van der Waals surface area contributed by atoms with Gasteiger partial charge in [-0.3, -0.25) is 0 Å². The minimum Gasteiger partial charge on any atom is -0.365 e. The first kappa shape index (κ1) is 13.7. The Kier molecular flexibility index (Phi) is 5.29. The molecule has 4 heteroatoms. The van der Waals surface area contributed by atoms with Crippen molar-refractivity contribution < 1.29 is 9.84 Å². The number of rotatable bonds is 6. The van der Waals surface area contributed by atoms with Crippen LogP contribution in [-0.4, -0.2) is 29.0 Å². The molecule has 0 aliphatic carbocycles. The van der Waals surface area contributed by atoms with Crippen LogP contribution in [0.2, 0.25) is 0 Å². The Labute approximate surface area is 101 Å². The third-order valence-corrected chi connectivity index (χ3v) is 5.97. The molecule has 0 bridgehead atoms. The molecule has 0 aromatic heterocycles. The number of aliphatic hydroxyl groups is 1. The second-order valence-corrected chi connectivity index (χ2v) is 7.09. The number of ether oxygens (including phenoxy) is 1. The van der Waals surface area contributed by atoms with E-state index in [1.165, 1.54) is 12.8 Å². The fourth-order valence-corrected chi connectivity index (χ4v) is 5.07. The maximum Gasteiger partial charge on any atom is 0.169 e. The Morgan fingerprint density at radius 1 is 1.33 bits per heavy atom. The maximum atomic E-state index is 10.3.